The highest BCUT2D eigenvalue weighted by molar-refractivity contribution is 7.92. The number of carbonyl (C=O) groups excluding carboxylic acids is 1. The molecule has 0 spiro atoms. The van der Waals surface area contributed by atoms with Gasteiger partial charge in [0.1, 0.15) is 12.4 Å². The van der Waals surface area contributed by atoms with E-state index in [0.29, 0.717) is 5.69 Å². The summed E-state index contributed by atoms with van der Waals surface area (Å²) < 4.78 is 41.3. The average Bonchev–Trinajstić information content (AvgIpc) is 2.92. The van der Waals surface area contributed by atoms with Gasteiger partial charge >= 0.3 is 0 Å². The van der Waals surface area contributed by atoms with E-state index < -0.39 is 28.3 Å². The highest BCUT2D eigenvalue weighted by Gasteiger charge is 2.27. The molecule has 0 unspecified atom stereocenters. The van der Waals surface area contributed by atoms with Gasteiger partial charge in [-0.15, -0.1) is 0 Å². The van der Waals surface area contributed by atoms with E-state index in [9.17, 15) is 17.6 Å². The van der Waals surface area contributed by atoms with Crippen LogP contribution in [0.3, 0.4) is 0 Å². The van der Waals surface area contributed by atoms with Crippen LogP contribution in [0.25, 0.3) is 21.5 Å². The molecule has 0 radical (unpaired) electrons. The van der Waals surface area contributed by atoms with Crippen LogP contribution in [0.4, 0.5) is 10.1 Å². The topological polar surface area (TPSA) is 78.8 Å². The van der Waals surface area contributed by atoms with Gasteiger partial charge in [-0.25, -0.2) is 18.2 Å². The zero-order valence-electron chi connectivity index (χ0n) is 20.5. The summed E-state index contributed by atoms with van der Waals surface area (Å²) in [5.74, 6) is -1.18. The summed E-state index contributed by atoms with van der Waals surface area (Å²) in [6, 6.07) is 29.1. The summed E-state index contributed by atoms with van der Waals surface area (Å²) in [6.45, 7) is 1.36. The summed E-state index contributed by atoms with van der Waals surface area (Å²) >= 11 is 0. The number of nitrogens with one attached hydrogen (secondary N) is 1. The second kappa shape index (κ2) is 10.4. The van der Waals surface area contributed by atoms with E-state index in [1.807, 2.05) is 55.5 Å². The first kappa shape index (κ1) is 25.1. The van der Waals surface area contributed by atoms with Crippen molar-refractivity contribution in [1.29, 1.82) is 0 Å². The van der Waals surface area contributed by atoms with Crippen LogP contribution >= 0.6 is 0 Å². The molecule has 0 aliphatic rings. The number of amides is 1. The molecule has 0 aliphatic carbocycles. The minimum absolute atomic E-state index is 0.127. The van der Waals surface area contributed by atoms with E-state index in [1.54, 1.807) is 30.5 Å². The number of nitrogens with zero attached hydrogens (tertiary/aromatic N) is 2. The van der Waals surface area contributed by atoms with E-state index in [1.165, 1.54) is 12.1 Å². The third-order valence-corrected chi connectivity index (χ3v) is 7.99. The zero-order chi connectivity index (χ0) is 26.7. The molecule has 0 heterocycles. The highest BCUT2D eigenvalue weighted by atomic mass is 32.2. The number of carbonyl (C=O) groups is 1. The normalized spacial score (nSPS) is 11.7. The van der Waals surface area contributed by atoms with Gasteiger partial charge < -0.3 is 0 Å². The maximum Gasteiger partial charge on any atom is 0.264 e. The quantitative estimate of drug-likeness (QED) is 0.166. The van der Waals surface area contributed by atoms with Crippen molar-refractivity contribution in [2.75, 3.05) is 10.8 Å². The number of hydrogen-bond donors (Lipinski definition) is 1. The van der Waals surface area contributed by atoms with Crippen LogP contribution in [-0.2, 0) is 14.8 Å². The third-order valence-electron chi connectivity index (χ3n) is 6.21. The Balaban J connectivity index is 1.44. The summed E-state index contributed by atoms with van der Waals surface area (Å²) in [4.78, 5) is 12.8. The predicted molar refractivity (Wildman–Crippen MR) is 149 cm³/mol. The molecule has 5 aromatic rings. The number of rotatable bonds is 7. The van der Waals surface area contributed by atoms with Gasteiger partial charge in [-0.1, -0.05) is 66.2 Å². The van der Waals surface area contributed by atoms with E-state index >= 15 is 0 Å². The molecule has 190 valence electrons. The lowest BCUT2D eigenvalue weighted by molar-refractivity contribution is -0.119. The predicted octanol–water partition coefficient (Wildman–Crippen LogP) is 5.79. The first-order valence-corrected chi connectivity index (χ1v) is 13.3. The Morgan fingerprint density at radius 2 is 1.45 bits per heavy atom. The fraction of sp³-hybridized carbons (Fsp3) is 0.0667. The number of aryl methyl sites for hydroxylation is 1. The Morgan fingerprint density at radius 3 is 2.05 bits per heavy atom. The molecular formula is C30H24FN3O3S. The molecule has 0 aliphatic heterocycles. The van der Waals surface area contributed by atoms with Crippen LogP contribution in [0.15, 0.2) is 113 Å². The van der Waals surface area contributed by atoms with Crippen LogP contribution in [0.2, 0.25) is 0 Å². The number of sulfonamides is 1. The van der Waals surface area contributed by atoms with Gasteiger partial charge in [0.05, 0.1) is 16.8 Å². The third kappa shape index (κ3) is 5.12. The number of hydrogen-bond acceptors (Lipinski definition) is 4. The number of anilines is 1. The van der Waals surface area contributed by atoms with Crippen molar-refractivity contribution in [2.45, 2.75) is 11.8 Å². The second-order valence-corrected chi connectivity index (χ2v) is 10.7. The molecule has 0 saturated heterocycles. The summed E-state index contributed by atoms with van der Waals surface area (Å²) in [5.41, 5.74) is 4.55. The van der Waals surface area contributed by atoms with Gasteiger partial charge in [-0.05, 0) is 70.9 Å². The second-order valence-electron chi connectivity index (χ2n) is 8.83. The molecule has 38 heavy (non-hydrogen) atoms. The monoisotopic (exact) mass is 525 g/mol. The van der Waals surface area contributed by atoms with Crippen molar-refractivity contribution >= 4 is 49.4 Å². The van der Waals surface area contributed by atoms with Crippen LogP contribution in [0.5, 0.6) is 0 Å². The van der Waals surface area contributed by atoms with Gasteiger partial charge in [0, 0.05) is 5.56 Å². The van der Waals surface area contributed by atoms with Crippen LogP contribution in [0.1, 0.15) is 11.1 Å². The highest BCUT2D eigenvalue weighted by Crippen LogP contribution is 2.27. The minimum atomic E-state index is -4.16. The van der Waals surface area contributed by atoms with E-state index in [-0.39, 0.29) is 4.90 Å². The van der Waals surface area contributed by atoms with E-state index in [4.69, 9.17) is 0 Å². The molecule has 5 rings (SSSR count). The number of halogens is 1. The van der Waals surface area contributed by atoms with Crippen molar-refractivity contribution in [3.05, 3.63) is 120 Å². The molecule has 6 nitrogen and oxygen atoms in total. The number of fused-ring (bicyclic) bond motifs is 2. The zero-order valence-corrected chi connectivity index (χ0v) is 21.3. The Bertz CT molecular complexity index is 1710. The Labute approximate surface area is 220 Å². The summed E-state index contributed by atoms with van der Waals surface area (Å²) in [6.07, 6.45) is 1.58. The molecular weight excluding hydrogens is 501 g/mol. The summed E-state index contributed by atoms with van der Waals surface area (Å²) in [7, 11) is -4.16. The molecule has 0 saturated carbocycles. The SMILES string of the molecule is Cc1ccc(N(CC(=O)N/N=C\c2c3ccccc3cc3ccccc23)S(=O)(=O)c2ccc(F)cc2)cc1. The lowest BCUT2D eigenvalue weighted by atomic mass is 9.97. The Morgan fingerprint density at radius 1 is 0.868 bits per heavy atom. The Hall–Kier alpha value is -4.56. The first-order chi connectivity index (χ1) is 18.3. The smallest absolute Gasteiger partial charge is 0.264 e. The van der Waals surface area contributed by atoms with Crippen molar-refractivity contribution < 1.29 is 17.6 Å². The van der Waals surface area contributed by atoms with Crippen molar-refractivity contribution in [3.8, 4) is 0 Å². The van der Waals surface area contributed by atoms with Crippen molar-refractivity contribution in [2.24, 2.45) is 5.10 Å². The molecule has 1 N–H and O–H groups in total. The molecule has 1 amide bonds. The van der Waals surface area contributed by atoms with Gasteiger partial charge in [-0.2, -0.15) is 5.10 Å². The standard InChI is InChI=1S/C30H24FN3O3S/c1-21-10-14-25(15-11-21)34(38(36,37)26-16-12-24(31)13-17-26)20-30(35)33-32-19-29-27-8-4-2-6-22(27)18-23-7-3-5-9-28(23)29/h2-19H,20H2,1H3,(H,33,35)/b32-19-. The maximum absolute atomic E-state index is 13.4. The van der Waals surface area contributed by atoms with E-state index in [2.05, 4.69) is 16.6 Å². The van der Waals surface area contributed by atoms with Crippen molar-refractivity contribution in [3.63, 3.8) is 0 Å². The van der Waals surface area contributed by atoms with Crippen molar-refractivity contribution in [1.82, 2.24) is 5.43 Å². The molecule has 5 aromatic carbocycles. The minimum Gasteiger partial charge on any atom is -0.271 e. The molecule has 0 atom stereocenters. The maximum atomic E-state index is 13.4. The molecule has 0 fully saturated rings. The lowest BCUT2D eigenvalue weighted by Gasteiger charge is -2.23. The van der Waals surface area contributed by atoms with Crippen LogP contribution in [-0.4, -0.2) is 27.1 Å². The number of benzene rings is 5. The summed E-state index contributed by atoms with van der Waals surface area (Å²) in [5, 5.41) is 8.20. The largest absolute Gasteiger partial charge is 0.271 e. The molecule has 0 bridgehead atoms. The lowest BCUT2D eigenvalue weighted by Crippen LogP contribution is -2.39. The van der Waals surface area contributed by atoms with Gasteiger partial charge in [0.2, 0.25) is 0 Å². The van der Waals surface area contributed by atoms with Gasteiger partial charge in [0.15, 0.2) is 0 Å². The Kier molecular flexibility index (Phi) is 6.89. The fourth-order valence-electron chi connectivity index (χ4n) is 4.28. The average molecular weight is 526 g/mol. The van der Waals surface area contributed by atoms with E-state index in [0.717, 1.165) is 49.1 Å². The first-order valence-electron chi connectivity index (χ1n) is 11.9. The molecule has 0 aromatic heterocycles. The van der Waals surface area contributed by atoms with Crippen LogP contribution in [0, 0.1) is 12.7 Å². The number of hydrazone groups is 1. The fourth-order valence-corrected chi connectivity index (χ4v) is 5.70. The van der Waals surface area contributed by atoms with Crippen LogP contribution < -0.4 is 9.73 Å². The van der Waals surface area contributed by atoms with Gasteiger partial charge in [-0.3, -0.25) is 9.10 Å². The molecule has 8 heteroatoms. The van der Waals surface area contributed by atoms with Gasteiger partial charge in [0.25, 0.3) is 15.9 Å².